The highest BCUT2D eigenvalue weighted by Gasteiger charge is 2.28. The summed E-state index contributed by atoms with van der Waals surface area (Å²) in [4.78, 5) is 49.7. The Kier molecular flexibility index (Phi) is 13.5. The minimum atomic E-state index is -0.634. The second-order valence-corrected chi connectivity index (χ2v) is 11.7. The van der Waals surface area contributed by atoms with Crippen LogP contribution in [0.5, 0.6) is 0 Å². The summed E-state index contributed by atoms with van der Waals surface area (Å²) >= 11 is 0. The first-order valence-electron chi connectivity index (χ1n) is 14.1. The van der Waals surface area contributed by atoms with E-state index in [-0.39, 0.29) is 18.9 Å². The second kappa shape index (κ2) is 15.8. The van der Waals surface area contributed by atoms with Gasteiger partial charge in [0.15, 0.2) is 0 Å². The fourth-order valence-corrected chi connectivity index (χ4v) is 4.18. The maximum Gasteiger partial charge on any atom is 0.415 e. The number of esters is 3. The third-order valence-corrected chi connectivity index (χ3v) is 5.73. The van der Waals surface area contributed by atoms with Crippen molar-refractivity contribution in [3.8, 4) is 0 Å². The zero-order chi connectivity index (χ0) is 34.0. The Hall–Kier alpha value is -4.54. The van der Waals surface area contributed by atoms with Crippen LogP contribution in [0.1, 0.15) is 86.1 Å². The molecule has 0 fully saturated rings. The molecule has 2 heterocycles. The van der Waals surface area contributed by atoms with E-state index in [9.17, 15) is 19.2 Å². The monoisotopic (exact) mass is 613 g/mol. The number of nitrogens with zero attached hydrogens (tertiary/aromatic N) is 3. The molecule has 0 N–H and O–H groups in total. The number of rotatable bonds is 10. The Balaban J connectivity index is 0.000000442. The van der Waals surface area contributed by atoms with Crippen molar-refractivity contribution in [2.45, 2.75) is 66.1 Å². The predicted molar refractivity (Wildman–Crippen MR) is 172 cm³/mol. The van der Waals surface area contributed by atoms with Crippen molar-refractivity contribution < 1.29 is 38.1 Å². The molecule has 0 aliphatic carbocycles. The van der Waals surface area contributed by atoms with E-state index in [4.69, 9.17) is 18.9 Å². The number of methoxy groups -OCH3 is 1. The first kappa shape index (κ1) is 37.5. The number of aryl methyl sites for hydroxylation is 2. The summed E-state index contributed by atoms with van der Waals surface area (Å²) in [6.45, 7) is 24.2. The lowest BCUT2D eigenvalue weighted by atomic mass is 10.1. The molecule has 0 bridgehead atoms. The molecule has 2 rings (SSSR count). The molecule has 2 aromatic heterocycles. The van der Waals surface area contributed by atoms with Gasteiger partial charge in [0.1, 0.15) is 22.6 Å². The minimum Gasteiger partial charge on any atom is -0.464 e. The largest absolute Gasteiger partial charge is 0.464 e. The van der Waals surface area contributed by atoms with E-state index in [2.05, 4.69) is 19.7 Å². The molecule has 0 unspecified atom stereocenters. The van der Waals surface area contributed by atoms with Gasteiger partial charge in [0.2, 0.25) is 0 Å². The molecule has 1 amide bonds. The fourth-order valence-electron chi connectivity index (χ4n) is 4.18. The quantitative estimate of drug-likeness (QED) is 0.179. The molecule has 0 atom stereocenters. The van der Waals surface area contributed by atoms with Gasteiger partial charge in [-0.2, -0.15) is 0 Å². The van der Waals surface area contributed by atoms with Crippen LogP contribution in [0, 0.1) is 0 Å². The number of ether oxygens (including phenoxy) is 4. The minimum absolute atomic E-state index is 0.0892. The number of hydrogen-bond donors (Lipinski definition) is 0. The lowest BCUT2D eigenvalue weighted by molar-refractivity contribution is -0.153. The number of anilines is 1. The van der Waals surface area contributed by atoms with Gasteiger partial charge in [-0.25, -0.2) is 14.4 Å². The van der Waals surface area contributed by atoms with Crippen molar-refractivity contribution >= 4 is 41.8 Å². The molecular formula is C33H47N3O8. The topological polar surface area (TPSA) is 118 Å². The normalized spacial score (nSPS) is 11.0. The Morgan fingerprint density at radius 1 is 0.841 bits per heavy atom. The van der Waals surface area contributed by atoms with Crippen LogP contribution in [0.3, 0.4) is 0 Å². The standard InChI is InChI=1S/C17H24N2O4.C16H23NO4/c1-8-10-19(16(21)23-17(3,4)5)13-11-18(6)14(12(13)9-2)15(20)22-7;1-7-12-11(9-13(18)21-16(3,4)5)10-17(6)14(12)15(19)20-8-2/h8-9,11H,1-2,10H2,3-7H3;7,10H,1,8-9H2,2-6H3. The Bertz CT molecular complexity index is 1380. The van der Waals surface area contributed by atoms with E-state index < -0.39 is 29.2 Å². The summed E-state index contributed by atoms with van der Waals surface area (Å²) in [5.74, 6) is -1.27. The molecule has 2 aromatic rings. The molecule has 0 aliphatic rings. The summed E-state index contributed by atoms with van der Waals surface area (Å²) in [6, 6.07) is 0. The molecular weight excluding hydrogens is 566 g/mol. The number of hydrogen-bond acceptors (Lipinski definition) is 8. The highest BCUT2D eigenvalue weighted by Crippen LogP contribution is 2.29. The van der Waals surface area contributed by atoms with Crippen LogP contribution in [-0.4, -0.2) is 64.6 Å². The van der Waals surface area contributed by atoms with Crippen molar-refractivity contribution in [1.29, 1.82) is 0 Å². The van der Waals surface area contributed by atoms with Gasteiger partial charge in [0, 0.05) is 44.2 Å². The predicted octanol–water partition coefficient (Wildman–Crippen LogP) is 6.11. The van der Waals surface area contributed by atoms with Gasteiger partial charge in [-0.05, 0) is 54.0 Å². The fraction of sp³-hybridized carbons (Fsp3) is 0.455. The first-order chi connectivity index (χ1) is 20.3. The van der Waals surface area contributed by atoms with Crippen molar-refractivity contribution in [2.24, 2.45) is 14.1 Å². The maximum atomic E-state index is 12.5. The summed E-state index contributed by atoms with van der Waals surface area (Å²) in [5, 5.41) is 0. The van der Waals surface area contributed by atoms with E-state index in [0.29, 0.717) is 40.4 Å². The van der Waals surface area contributed by atoms with Crippen LogP contribution in [0.2, 0.25) is 0 Å². The van der Waals surface area contributed by atoms with E-state index in [1.54, 1.807) is 75.5 Å². The second-order valence-electron chi connectivity index (χ2n) is 11.7. The average Bonchev–Trinajstić information content (AvgIpc) is 3.39. The SMILES string of the molecule is C=CCN(C(=O)OC(C)(C)C)c1cn(C)c(C(=O)OC)c1C=C.C=Cc1c(CC(=O)OC(C)(C)C)cn(C)c1C(=O)OCC. The van der Waals surface area contributed by atoms with E-state index in [0.717, 1.165) is 0 Å². The maximum absolute atomic E-state index is 12.5. The number of carbonyl (C=O) groups is 4. The Morgan fingerprint density at radius 3 is 1.82 bits per heavy atom. The van der Waals surface area contributed by atoms with Crippen LogP contribution in [0.25, 0.3) is 12.2 Å². The van der Waals surface area contributed by atoms with Gasteiger partial charge in [0.25, 0.3) is 0 Å². The van der Waals surface area contributed by atoms with Crippen LogP contribution >= 0.6 is 0 Å². The van der Waals surface area contributed by atoms with Gasteiger partial charge in [-0.15, -0.1) is 6.58 Å². The molecule has 0 saturated carbocycles. The molecule has 242 valence electrons. The van der Waals surface area contributed by atoms with Gasteiger partial charge < -0.3 is 28.1 Å². The third kappa shape index (κ3) is 10.3. The van der Waals surface area contributed by atoms with Gasteiger partial charge in [-0.1, -0.05) is 31.4 Å². The van der Waals surface area contributed by atoms with Crippen molar-refractivity contribution in [3.05, 3.63) is 66.3 Å². The van der Waals surface area contributed by atoms with Gasteiger partial charge in [0.05, 0.1) is 25.8 Å². The highest BCUT2D eigenvalue weighted by atomic mass is 16.6. The van der Waals surface area contributed by atoms with Crippen molar-refractivity contribution in [3.63, 3.8) is 0 Å². The van der Waals surface area contributed by atoms with Crippen LogP contribution in [-0.2, 0) is 44.3 Å². The summed E-state index contributed by atoms with van der Waals surface area (Å²) in [6.07, 6.45) is 7.62. The lowest BCUT2D eigenvalue weighted by Crippen LogP contribution is -2.37. The molecule has 0 aromatic carbocycles. The average molecular weight is 614 g/mol. The summed E-state index contributed by atoms with van der Waals surface area (Å²) in [5.41, 5.74) is 1.87. The Morgan fingerprint density at radius 2 is 1.36 bits per heavy atom. The molecule has 0 aliphatic heterocycles. The third-order valence-electron chi connectivity index (χ3n) is 5.73. The first-order valence-corrected chi connectivity index (χ1v) is 14.1. The highest BCUT2D eigenvalue weighted by molar-refractivity contribution is 5.99. The summed E-state index contributed by atoms with van der Waals surface area (Å²) < 4.78 is 23.8. The van der Waals surface area contributed by atoms with Crippen LogP contribution in [0.4, 0.5) is 10.5 Å². The zero-order valence-electron chi connectivity index (χ0n) is 27.7. The lowest BCUT2D eigenvalue weighted by Gasteiger charge is -2.26. The molecule has 0 spiro atoms. The van der Waals surface area contributed by atoms with Crippen molar-refractivity contribution in [1.82, 2.24) is 9.13 Å². The zero-order valence-corrected chi connectivity index (χ0v) is 27.7. The van der Waals surface area contributed by atoms with E-state index >= 15 is 0 Å². The van der Waals surface area contributed by atoms with Crippen LogP contribution in [0.15, 0.2) is 38.2 Å². The molecule has 11 nitrogen and oxygen atoms in total. The number of aromatic nitrogens is 2. The number of amides is 1. The van der Waals surface area contributed by atoms with E-state index in [1.165, 1.54) is 18.1 Å². The molecule has 0 saturated heterocycles. The smallest absolute Gasteiger partial charge is 0.415 e. The molecule has 11 heteroatoms. The number of carbonyl (C=O) groups excluding carboxylic acids is 4. The Labute approximate surface area is 260 Å². The van der Waals surface area contributed by atoms with Crippen LogP contribution < -0.4 is 4.90 Å². The van der Waals surface area contributed by atoms with Crippen molar-refractivity contribution in [2.75, 3.05) is 25.2 Å². The summed E-state index contributed by atoms with van der Waals surface area (Å²) in [7, 11) is 4.74. The molecule has 0 radical (unpaired) electrons. The van der Waals surface area contributed by atoms with Gasteiger partial charge >= 0.3 is 24.0 Å². The van der Waals surface area contributed by atoms with E-state index in [1.807, 2.05) is 20.8 Å². The molecule has 44 heavy (non-hydrogen) atoms. The van der Waals surface area contributed by atoms with Gasteiger partial charge in [-0.3, -0.25) is 9.69 Å².